The molecule has 0 aromatic rings. The van der Waals surface area contributed by atoms with Gasteiger partial charge in [-0.05, 0) is 0 Å². The molecular formula is C8H18NO2+. The summed E-state index contributed by atoms with van der Waals surface area (Å²) in [5.41, 5.74) is 0. The van der Waals surface area contributed by atoms with Crippen LogP contribution in [-0.2, 0) is 9.53 Å². The lowest BCUT2D eigenvalue weighted by Gasteiger charge is -2.31. The Bertz CT molecular complexity index is 138. The molecule has 1 atom stereocenters. The maximum atomic E-state index is 10.6. The van der Waals surface area contributed by atoms with E-state index in [4.69, 9.17) is 4.74 Å². The van der Waals surface area contributed by atoms with E-state index < -0.39 is 0 Å². The zero-order valence-electron chi connectivity index (χ0n) is 8.05. The third-order valence-electron chi connectivity index (χ3n) is 1.52. The van der Waals surface area contributed by atoms with Crippen LogP contribution in [0, 0.1) is 0 Å². The van der Waals surface area contributed by atoms with Gasteiger partial charge in [-0.2, -0.15) is 0 Å². The lowest BCUT2D eigenvalue weighted by atomic mass is 10.3. The van der Waals surface area contributed by atoms with E-state index in [1.54, 1.807) is 0 Å². The molecule has 0 aliphatic heterocycles. The largest absolute Gasteiger partial charge is 0.413 e. The summed E-state index contributed by atoms with van der Waals surface area (Å²) < 4.78 is 5.76. The lowest BCUT2D eigenvalue weighted by Crippen LogP contribution is -2.47. The van der Waals surface area contributed by atoms with Crippen molar-refractivity contribution in [2.75, 3.05) is 21.1 Å². The van der Waals surface area contributed by atoms with Gasteiger partial charge >= 0.3 is 5.97 Å². The van der Waals surface area contributed by atoms with Crippen molar-refractivity contribution in [3.8, 4) is 0 Å². The molecule has 66 valence electrons. The van der Waals surface area contributed by atoms with Gasteiger partial charge in [0.15, 0.2) is 0 Å². The number of nitrogens with zero attached hydrogens (tertiary/aromatic N) is 1. The van der Waals surface area contributed by atoms with E-state index in [0.29, 0.717) is 4.48 Å². The number of rotatable bonds is 3. The van der Waals surface area contributed by atoms with Crippen LogP contribution in [0.25, 0.3) is 0 Å². The maximum Gasteiger partial charge on any atom is 0.307 e. The number of hydrogen-bond acceptors (Lipinski definition) is 2. The molecular weight excluding hydrogens is 142 g/mol. The Kier molecular flexibility index (Phi) is 3.52. The minimum atomic E-state index is -0.204. The lowest BCUT2D eigenvalue weighted by molar-refractivity contribution is -0.916. The molecule has 0 spiro atoms. The summed E-state index contributed by atoms with van der Waals surface area (Å²) in [5.74, 6) is -0.204. The SMILES string of the molecule is CCC(OC(C)=O)[N+](C)(C)C. The monoisotopic (exact) mass is 160 g/mol. The number of hydrogen-bond donors (Lipinski definition) is 0. The highest BCUT2D eigenvalue weighted by Gasteiger charge is 2.23. The molecule has 0 aliphatic rings. The van der Waals surface area contributed by atoms with Crippen molar-refractivity contribution in [3.63, 3.8) is 0 Å². The molecule has 0 rings (SSSR count). The molecule has 0 saturated heterocycles. The van der Waals surface area contributed by atoms with Crippen molar-refractivity contribution in [2.45, 2.75) is 26.5 Å². The standard InChI is InChI=1S/C8H18NO2/c1-6-8(9(3,4)5)11-7(2)10/h8H,6H2,1-5H3/q+1. The molecule has 0 amide bonds. The quantitative estimate of drug-likeness (QED) is 0.349. The first-order chi connectivity index (χ1) is 4.88. The fourth-order valence-electron chi connectivity index (χ4n) is 0.981. The van der Waals surface area contributed by atoms with Crippen LogP contribution in [0.15, 0.2) is 0 Å². The molecule has 11 heavy (non-hydrogen) atoms. The molecule has 0 radical (unpaired) electrons. The highest BCUT2D eigenvalue weighted by atomic mass is 16.6. The number of carbonyl (C=O) groups excluding carboxylic acids is 1. The van der Waals surface area contributed by atoms with Gasteiger partial charge in [-0.25, -0.2) is 0 Å². The van der Waals surface area contributed by atoms with E-state index in [2.05, 4.69) is 0 Å². The van der Waals surface area contributed by atoms with Crippen LogP contribution in [0.5, 0.6) is 0 Å². The van der Waals surface area contributed by atoms with E-state index >= 15 is 0 Å². The molecule has 0 bridgehead atoms. The van der Waals surface area contributed by atoms with Gasteiger partial charge in [0.25, 0.3) is 0 Å². The van der Waals surface area contributed by atoms with Gasteiger partial charge < -0.3 is 4.74 Å². The Hall–Kier alpha value is -0.570. The molecule has 0 heterocycles. The summed E-state index contributed by atoms with van der Waals surface area (Å²) in [6.07, 6.45) is 0.829. The average molecular weight is 160 g/mol. The van der Waals surface area contributed by atoms with Crippen molar-refractivity contribution >= 4 is 5.97 Å². The summed E-state index contributed by atoms with van der Waals surface area (Å²) in [6, 6.07) is 0. The van der Waals surface area contributed by atoms with Crippen molar-refractivity contribution < 1.29 is 14.0 Å². The van der Waals surface area contributed by atoms with Crippen LogP contribution < -0.4 is 0 Å². The number of carbonyl (C=O) groups is 1. The van der Waals surface area contributed by atoms with E-state index in [1.807, 2.05) is 28.1 Å². The third-order valence-corrected chi connectivity index (χ3v) is 1.52. The van der Waals surface area contributed by atoms with Crippen LogP contribution in [0.2, 0.25) is 0 Å². The van der Waals surface area contributed by atoms with Crippen LogP contribution in [-0.4, -0.2) is 37.8 Å². The Morgan fingerprint density at radius 3 is 2.00 bits per heavy atom. The molecule has 0 aliphatic carbocycles. The molecule has 3 heteroatoms. The van der Waals surface area contributed by atoms with Gasteiger partial charge in [0, 0.05) is 13.3 Å². The van der Waals surface area contributed by atoms with Crippen molar-refractivity contribution in [2.24, 2.45) is 0 Å². The fourth-order valence-corrected chi connectivity index (χ4v) is 0.981. The van der Waals surface area contributed by atoms with E-state index in [1.165, 1.54) is 6.92 Å². The van der Waals surface area contributed by atoms with Gasteiger partial charge in [0.05, 0.1) is 21.1 Å². The Morgan fingerprint density at radius 1 is 1.45 bits per heavy atom. The fraction of sp³-hybridized carbons (Fsp3) is 0.875. The second kappa shape index (κ2) is 3.72. The third kappa shape index (κ3) is 3.98. The zero-order valence-corrected chi connectivity index (χ0v) is 8.05. The molecule has 0 aromatic carbocycles. The summed E-state index contributed by atoms with van der Waals surface area (Å²) in [5, 5.41) is 0. The van der Waals surface area contributed by atoms with Gasteiger partial charge in [-0.15, -0.1) is 0 Å². The summed E-state index contributed by atoms with van der Waals surface area (Å²) in [6.45, 7) is 3.45. The first kappa shape index (κ1) is 10.4. The van der Waals surface area contributed by atoms with Crippen LogP contribution in [0.3, 0.4) is 0 Å². The predicted molar refractivity (Wildman–Crippen MR) is 43.9 cm³/mol. The summed E-state index contributed by atoms with van der Waals surface area (Å²) >= 11 is 0. The van der Waals surface area contributed by atoms with Crippen LogP contribution in [0.1, 0.15) is 20.3 Å². The highest BCUT2D eigenvalue weighted by Crippen LogP contribution is 2.08. The number of ether oxygens (including phenoxy) is 1. The smallest absolute Gasteiger partial charge is 0.307 e. The van der Waals surface area contributed by atoms with E-state index in [9.17, 15) is 4.79 Å². The van der Waals surface area contributed by atoms with E-state index in [-0.39, 0.29) is 12.2 Å². The summed E-state index contributed by atoms with van der Waals surface area (Å²) in [7, 11) is 6.03. The molecule has 0 aromatic heterocycles. The molecule has 1 unspecified atom stereocenters. The van der Waals surface area contributed by atoms with Crippen LogP contribution in [0.4, 0.5) is 0 Å². The predicted octanol–water partition coefficient (Wildman–Crippen LogP) is 0.992. The second-order valence-corrected chi connectivity index (χ2v) is 3.59. The molecule has 0 saturated carbocycles. The Balaban J connectivity index is 4.07. The zero-order chi connectivity index (χ0) is 9.07. The average Bonchev–Trinajstić information content (AvgIpc) is 1.79. The number of esters is 1. The maximum absolute atomic E-state index is 10.6. The van der Waals surface area contributed by atoms with Gasteiger partial charge in [0.2, 0.25) is 6.23 Å². The van der Waals surface area contributed by atoms with Crippen LogP contribution >= 0.6 is 0 Å². The van der Waals surface area contributed by atoms with Gasteiger partial charge in [-0.3, -0.25) is 9.28 Å². The Morgan fingerprint density at radius 2 is 1.91 bits per heavy atom. The molecule has 3 nitrogen and oxygen atoms in total. The molecule has 0 fully saturated rings. The minimum absolute atomic E-state index is 0.0208. The number of quaternary nitrogens is 1. The first-order valence-corrected chi connectivity index (χ1v) is 3.86. The molecule has 0 N–H and O–H groups in total. The highest BCUT2D eigenvalue weighted by molar-refractivity contribution is 5.65. The normalized spacial score (nSPS) is 14.3. The second-order valence-electron chi connectivity index (χ2n) is 3.59. The summed E-state index contributed by atoms with van der Waals surface area (Å²) in [4.78, 5) is 10.6. The van der Waals surface area contributed by atoms with Crippen molar-refractivity contribution in [1.29, 1.82) is 0 Å². The van der Waals surface area contributed by atoms with Gasteiger partial charge in [0.1, 0.15) is 0 Å². The van der Waals surface area contributed by atoms with E-state index in [0.717, 1.165) is 6.42 Å². The Labute approximate surface area is 68.5 Å². The van der Waals surface area contributed by atoms with Crippen molar-refractivity contribution in [1.82, 2.24) is 0 Å². The van der Waals surface area contributed by atoms with Crippen molar-refractivity contribution in [3.05, 3.63) is 0 Å². The first-order valence-electron chi connectivity index (χ1n) is 3.86. The topological polar surface area (TPSA) is 26.3 Å². The minimum Gasteiger partial charge on any atom is -0.413 e. The van der Waals surface area contributed by atoms with Gasteiger partial charge in [-0.1, -0.05) is 6.92 Å².